The summed E-state index contributed by atoms with van der Waals surface area (Å²) in [7, 11) is 0. The molecule has 1 aliphatic heterocycles. The van der Waals surface area contributed by atoms with Crippen LogP contribution in [0.3, 0.4) is 0 Å². The Morgan fingerprint density at radius 3 is 2.69 bits per heavy atom. The van der Waals surface area contributed by atoms with E-state index in [1.54, 1.807) is 0 Å². The average Bonchev–Trinajstić information content (AvgIpc) is 2.24. The Bertz CT molecular complexity index is 222. The first-order chi connectivity index (χ1) is 7.54. The standard InChI is InChI=1S/C13H26N2O/c1-5-14(9-11(2)3)13(16)15-8-6-7-12(4)10-15/h11-12H,5-10H2,1-4H3. The van der Waals surface area contributed by atoms with Crippen LogP contribution in [0.15, 0.2) is 0 Å². The van der Waals surface area contributed by atoms with Gasteiger partial charge in [0.25, 0.3) is 0 Å². The van der Waals surface area contributed by atoms with Crippen LogP contribution in [0, 0.1) is 11.8 Å². The van der Waals surface area contributed by atoms with Gasteiger partial charge < -0.3 is 9.80 Å². The summed E-state index contributed by atoms with van der Waals surface area (Å²) in [6.45, 7) is 12.2. The van der Waals surface area contributed by atoms with Gasteiger partial charge in [0, 0.05) is 26.2 Å². The third kappa shape index (κ3) is 3.69. The molecular weight excluding hydrogens is 200 g/mol. The molecule has 2 amide bonds. The summed E-state index contributed by atoms with van der Waals surface area (Å²) < 4.78 is 0. The van der Waals surface area contributed by atoms with Gasteiger partial charge in [-0.1, -0.05) is 20.8 Å². The van der Waals surface area contributed by atoms with Gasteiger partial charge in [0.2, 0.25) is 0 Å². The third-order valence-corrected chi connectivity index (χ3v) is 3.17. The van der Waals surface area contributed by atoms with Crippen molar-refractivity contribution in [3.05, 3.63) is 0 Å². The summed E-state index contributed by atoms with van der Waals surface area (Å²) in [5.41, 5.74) is 0. The molecule has 1 saturated heterocycles. The lowest BCUT2D eigenvalue weighted by Gasteiger charge is -2.35. The van der Waals surface area contributed by atoms with Crippen LogP contribution in [0.25, 0.3) is 0 Å². The molecule has 3 heteroatoms. The summed E-state index contributed by atoms with van der Waals surface area (Å²) in [6.07, 6.45) is 2.42. The number of rotatable bonds is 3. The topological polar surface area (TPSA) is 23.6 Å². The molecule has 0 aromatic heterocycles. The van der Waals surface area contributed by atoms with Gasteiger partial charge >= 0.3 is 6.03 Å². The Balaban J connectivity index is 2.52. The van der Waals surface area contributed by atoms with Gasteiger partial charge in [-0.25, -0.2) is 4.79 Å². The largest absolute Gasteiger partial charge is 0.325 e. The SMILES string of the molecule is CCN(CC(C)C)C(=O)N1CCCC(C)C1. The van der Waals surface area contributed by atoms with E-state index in [0.29, 0.717) is 11.8 Å². The van der Waals surface area contributed by atoms with Crippen molar-refractivity contribution in [3.63, 3.8) is 0 Å². The first-order valence-electron chi connectivity index (χ1n) is 6.58. The number of carbonyl (C=O) groups excluding carboxylic acids is 1. The molecule has 94 valence electrons. The molecule has 1 atom stereocenters. The summed E-state index contributed by atoms with van der Waals surface area (Å²) in [5.74, 6) is 1.21. The lowest BCUT2D eigenvalue weighted by atomic mass is 10.0. The minimum absolute atomic E-state index is 0.239. The fourth-order valence-corrected chi connectivity index (χ4v) is 2.35. The van der Waals surface area contributed by atoms with Crippen LogP contribution in [0.2, 0.25) is 0 Å². The lowest BCUT2D eigenvalue weighted by molar-refractivity contribution is 0.129. The van der Waals surface area contributed by atoms with Crippen molar-refractivity contribution in [2.24, 2.45) is 11.8 Å². The van der Waals surface area contributed by atoms with E-state index in [1.807, 2.05) is 9.80 Å². The van der Waals surface area contributed by atoms with E-state index in [2.05, 4.69) is 27.7 Å². The number of hydrogen-bond donors (Lipinski definition) is 0. The van der Waals surface area contributed by atoms with Crippen LogP contribution in [-0.4, -0.2) is 42.0 Å². The van der Waals surface area contributed by atoms with E-state index < -0.39 is 0 Å². The maximum atomic E-state index is 12.3. The molecule has 0 saturated carbocycles. The molecular formula is C13H26N2O. The van der Waals surface area contributed by atoms with E-state index in [4.69, 9.17) is 0 Å². The predicted molar refractivity (Wildman–Crippen MR) is 67.5 cm³/mol. The smallest absolute Gasteiger partial charge is 0.320 e. The van der Waals surface area contributed by atoms with Crippen LogP contribution in [0.1, 0.15) is 40.5 Å². The second-order valence-corrected chi connectivity index (χ2v) is 5.41. The Kier molecular flexibility index (Phi) is 5.10. The molecule has 3 nitrogen and oxygen atoms in total. The van der Waals surface area contributed by atoms with Crippen LogP contribution in [0.4, 0.5) is 4.79 Å². The van der Waals surface area contributed by atoms with Crippen LogP contribution >= 0.6 is 0 Å². The van der Waals surface area contributed by atoms with E-state index in [0.717, 1.165) is 32.6 Å². The number of likely N-dealkylation sites (tertiary alicyclic amines) is 1. The molecule has 1 aliphatic rings. The van der Waals surface area contributed by atoms with E-state index in [1.165, 1.54) is 6.42 Å². The Labute approximate surface area is 99.8 Å². The van der Waals surface area contributed by atoms with Crippen molar-refractivity contribution in [1.82, 2.24) is 9.80 Å². The first kappa shape index (κ1) is 13.3. The molecule has 1 rings (SSSR count). The molecule has 0 N–H and O–H groups in total. The van der Waals surface area contributed by atoms with Gasteiger partial charge in [0.1, 0.15) is 0 Å². The molecule has 16 heavy (non-hydrogen) atoms. The highest BCUT2D eigenvalue weighted by Crippen LogP contribution is 2.17. The number of amides is 2. The molecule has 0 aliphatic carbocycles. The Morgan fingerprint density at radius 1 is 1.50 bits per heavy atom. The summed E-state index contributed by atoms with van der Waals surface area (Å²) in [4.78, 5) is 16.3. The molecule has 0 aromatic carbocycles. The molecule has 0 radical (unpaired) electrons. The fraction of sp³-hybridized carbons (Fsp3) is 0.923. The highest BCUT2D eigenvalue weighted by molar-refractivity contribution is 5.74. The molecule has 1 fully saturated rings. The second kappa shape index (κ2) is 6.12. The maximum absolute atomic E-state index is 12.3. The average molecular weight is 226 g/mol. The number of carbonyl (C=O) groups is 1. The van der Waals surface area contributed by atoms with E-state index in [9.17, 15) is 4.79 Å². The highest BCUT2D eigenvalue weighted by atomic mass is 16.2. The van der Waals surface area contributed by atoms with E-state index in [-0.39, 0.29) is 6.03 Å². The molecule has 1 heterocycles. The van der Waals surface area contributed by atoms with Crippen molar-refractivity contribution < 1.29 is 4.79 Å². The lowest BCUT2D eigenvalue weighted by Crippen LogP contribution is -2.48. The second-order valence-electron chi connectivity index (χ2n) is 5.41. The number of hydrogen-bond acceptors (Lipinski definition) is 1. The predicted octanol–water partition coefficient (Wildman–Crippen LogP) is 2.82. The van der Waals surface area contributed by atoms with Gasteiger partial charge in [-0.2, -0.15) is 0 Å². The summed E-state index contributed by atoms with van der Waals surface area (Å²) in [6, 6.07) is 0.239. The minimum atomic E-state index is 0.239. The number of urea groups is 1. The van der Waals surface area contributed by atoms with Crippen molar-refractivity contribution in [1.29, 1.82) is 0 Å². The van der Waals surface area contributed by atoms with Crippen molar-refractivity contribution in [2.45, 2.75) is 40.5 Å². The number of piperidine rings is 1. The van der Waals surface area contributed by atoms with Gasteiger partial charge in [-0.3, -0.25) is 0 Å². The molecule has 0 spiro atoms. The van der Waals surface area contributed by atoms with Crippen LogP contribution in [0.5, 0.6) is 0 Å². The van der Waals surface area contributed by atoms with Gasteiger partial charge in [0.05, 0.1) is 0 Å². The highest BCUT2D eigenvalue weighted by Gasteiger charge is 2.24. The Morgan fingerprint density at radius 2 is 2.19 bits per heavy atom. The monoisotopic (exact) mass is 226 g/mol. The van der Waals surface area contributed by atoms with Crippen molar-refractivity contribution >= 4 is 6.03 Å². The van der Waals surface area contributed by atoms with E-state index >= 15 is 0 Å². The van der Waals surface area contributed by atoms with Crippen LogP contribution < -0.4 is 0 Å². The van der Waals surface area contributed by atoms with Crippen molar-refractivity contribution in [3.8, 4) is 0 Å². The first-order valence-corrected chi connectivity index (χ1v) is 6.58. The van der Waals surface area contributed by atoms with Crippen LogP contribution in [-0.2, 0) is 0 Å². The normalized spacial score (nSPS) is 21.3. The van der Waals surface area contributed by atoms with Crippen molar-refractivity contribution in [2.75, 3.05) is 26.2 Å². The van der Waals surface area contributed by atoms with Gasteiger partial charge in [0.15, 0.2) is 0 Å². The van der Waals surface area contributed by atoms with Gasteiger partial charge in [-0.15, -0.1) is 0 Å². The summed E-state index contributed by atoms with van der Waals surface area (Å²) >= 11 is 0. The Hall–Kier alpha value is -0.730. The zero-order chi connectivity index (χ0) is 12.1. The zero-order valence-corrected chi connectivity index (χ0v) is 11.2. The quantitative estimate of drug-likeness (QED) is 0.726. The molecule has 1 unspecified atom stereocenters. The molecule has 0 bridgehead atoms. The van der Waals surface area contributed by atoms with Gasteiger partial charge in [-0.05, 0) is 31.6 Å². The molecule has 0 aromatic rings. The summed E-state index contributed by atoms with van der Waals surface area (Å²) in [5, 5.41) is 0. The fourth-order valence-electron chi connectivity index (χ4n) is 2.35. The maximum Gasteiger partial charge on any atom is 0.320 e. The zero-order valence-electron chi connectivity index (χ0n) is 11.2. The third-order valence-electron chi connectivity index (χ3n) is 3.17. The number of nitrogens with zero attached hydrogens (tertiary/aromatic N) is 2. The minimum Gasteiger partial charge on any atom is -0.325 e.